The lowest BCUT2D eigenvalue weighted by Gasteiger charge is -2.34. The van der Waals surface area contributed by atoms with Crippen molar-refractivity contribution >= 4 is 5.69 Å². The molecule has 0 spiro atoms. The van der Waals surface area contributed by atoms with E-state index in [-0.39, 0.29) is 0 Å². The SMILES string of the molecule is CC1=CC2=C(CC1)N(c1ccccc1)C1C2=CC=CC1C. The van der Waals surface area contributed by atoms with Gasteiger partial charge in [-0.3, -0.25) is 0 Å². The van der Waals surface area contributed by atoms with Crippen LogP contribution in [-0.2, 0) is 0 Å². The van der Waals surface area contributed by atoms with Gasteiger partial charge in [0.2, 0.25) is 0 Å². The average Bonchev–Trinajstić information content (AvgIpc) is 2.83. The number of hydrogen-bond donors (Lipinski definition) is 0. The minimum absolute atomic E-state index is 0.463. The Kier molecular flexibility index (Phi) is 2.88. The van der Waals surface area contributed by atoms with Crippen LogP contribution < -0.4 is 4.90 Å². The Morgan fingerprint density at radius 3 is 2.71 bits per heavy atom. The van der Waals surface area contributed by atoms with Crippen molar-refractivity contribution in [3.8, 4) is 0 Å². The summed E-state index contributed by atoms with van der Waals surface area (Å²) in [7, 11) is 0. The molecule has 0 saturated carbocycles. The highest BCUT2D eigenvalue weighted by Crippen LogP contribution is 2.46. The highest BCUT2D eigenvalue weighted by molar-refractivity contribution is 5.70. The van der Waals surface area contributed by atoms with Gasteiger partial charge in [-0.2, -0.15) is 0 Å². The van der Waals surface area contributed by atoms with E-state index in [1.807, 2.05) is 0 Å². The van der Waals surface area contributed by atoms with E-state index in [2.05, 4.69) is 73.4 Å². The van der Waals surface area contributed by atoms with E-state index in [1.165, 1.54) is 34.5 Å². The molecule has 0 radical (unpaired) electrons. The Labute approximate surface area is 127 Å². The summed E-state index contributed by atoms with van der Waals surface area (Å²) >= 11 is 0. The normalized spacial score (nSPS) is 27.2. The Balaban J connectivity index is 1.89. The summed E-state index contributed by atoms with van der Waals surface area (Å²) in [6.45, 7) is 4.59. The first kappa shape index (κ1) is 12.7. The number of allylic oxidation sites excluding steroid dienone is 5. The molecule has 1 heterocycles. The smallest absolute Gasteiger partial charge is 0.0655 e. The molecule has 0 fully saturated rings. The van der Waals surface area contributed by atoms with Crippen molar-refractivity contribution in [3.63, 3.8) is 0 Å². The zero-order valence-electron chi connectivity index (χ0n) is 12.7. The van der Waals surface area contributed by atoms with E-state index in [9.17, 15) is 0 Å². The second kappa shape index (κ2) is 4.77. The van der Waals surface area contributed by atoms with Gasteiger partial charge in [-0.05, 0) is 49.0 Å². The van der Waals surface area contributed by atoms with Crippen LogP contribution in [0, 0.1) is 5.92 Å². The molecular weight excluding hydrogens is 254 g/mol. The standard InChI is InChI=1S/C20H21N/c1-14-11-12-19-18(13-14)17-10-6-7-15(2)20(17)21(19)16-8-4-3-5-9-16/h3-10,13,15,20H,11-12H2,1-2H3. The molecule has 2 aliphatic carbocycles. The molecular formula is C20H21N. The first-order valence-electron chi connectivity index (χ1n) is 7.89. The van der Waals surface area contributed by atoms with Crippen LogP contribution in [0.2, 0.25) is 0 Å². The molecule has 106 valence electrons. The topological polar surface area (TPSA) is 3.24 Å². The quantitative estimate of drug-likeness (QED) is 0.697. The number of anilines is 1. The molecule has 0 bridgehead atoms. The van der Waals surface area contributed by atoms with E-state index in [1.54, 1.807) is 0 Å². The molecule has 0 amide bonds. The number of rotatable bonds is 1. The second-order valence-corrected chi connectivity index (χ2v) is 6.37. The molecule has 0 aromatic heterocycles. The molecule has 4 rings (SSSR count). The zero-order chi connectivity index (χ0) is 14.4. The molecule has 1 heteroatoms. The predicted octanol–water partition coefficient (Wildman–Crippen LogP) is 5.00. The number of hydrogen-bond acceptors (Lipinski definition) is 1. The van der Waals surface area contributed by atoms with Crippen molar-refractivity contribution in [1.82, 2.24) is 0 Å². The lowest BCUT2D eigenvalue weighted by Crippen LogP contribution is -2.36. The van der Waals surface area contributed by atoms with Gasteiger partial charge in [0.25, 0.3) is 0 Å². The van der Waals surface area contributed by atoms with Crippen LogP contribution in [0.4, 0.5) is 5.69 Å². The van der Waals surface area contributed by atoms with Crippen LogP contribution in [0.1, 0.15) is 26.7 Å². The van der Waals surface area contributed by atoms with Crippen LogP contribution in [0.3, 0.4) is 0 Å². The van der Waals surface area contributed by atoms with Gasteiger partial charge in [0.1, 0.15) is 0 Å². The Hall–Kier alpha value is -2.02. The number of para-hydroxylation sites is 1. The molecule has 21 heavy (non-hydrogen) atoms. The van der Waals surface area contributed by atoms with Gasteiger partial charge in [0.15, 0.2) is 0 Å². The summed E-state index contributed by atoms with van der Waals surface area (Å²) in [5, 5.41) is 0. The number of benzene rings is 1. The van der Waals surface area contributed by atoms with Crippen molar-refractivity contribution < 1.29 is 0 Å². The highest BCUT2D eigenvalue weighted by atomic mass is 15.2. The summed E-state index contributed by atoms with van der Waals surface area (Å²) in [4.78, 5) is 2.58. The molecule has 2 atom stereocenters. The fraction of sp³-hybridized carbons (Fsp3) is 0.300. The fourth-order valence-electron chi connectivity index (χ4n) is 3.87. The Morgan fingerprint density at radius 1 is 1.10 bits per heavy atom. The average molecular weight is 275 g/mol. The lowest BCUT2D eigenvalue weighted by molar-refractivity contribution is 0.589. The summed E-state index contributed by atoms with van der Waals surface area (Å²) in [5.41, 5.74) is 7.32. The lowest BCUT2D eigenvalue weighted by atomic mass is 9.86. The van der Waals surface area contributed by atoms with Gasteiger partial charge in [-0.25, -0.2) is 0 Å². The van der Waals surface area contributed by atoms with E-state index in [0.717, 1.165) is 6.42 Å². The first-order chi connectivity index (χ1) is 10.3. The fourth-order valence-corrected chi connectivity index (χ4v) is 3.87. The third-order valence-electron chi connectivity index (χ3n) is 4.88. The molecule has 1 aromatic carbocycles. The summed E-state index contributed by atoms with van der Waals surface area (Å²) < 4.78 is 0. The molecule has 3 aliphatic rings. The minimum atomic E-state index is 0.463. The summed E-state index contributed by atoms with van der Waals surface area (Å²) in [6, 6.07) is 11.3. The third kappa shape index (κ3) is 1.91. The van der Waals surface area contributed by atoms with E-state index >= 15 is 0 Å². The summed E-state index contributed by atoms with van der Waals surface area (Å²) in [6.07, 6.45) is 11.6. The molecule has 0 N–H and O–H groups in total. The van der Waals surface area contributed by atoms with Crippen molar-refractivity contribution in [3.05, 3.63) is 77.1 Å². The molecule has 0 saturated heterocycles. The van der Waals surface area contributed by atoms with Gasteiger partial charge in [-0.15, -0.1) is 0 Å². The van der Waals surface area contributed by atoms with E-state index < -0.39 is 0 Å². The molecule has 1 aliphatic heterocycles. The number of nitrogens with zero attached hydrogens (tertiary/aromatic N) is 1. The Morgan fingerprint density at radius 2 is 1.90 bits per heavy atom. The summed E-state index contributed by atoms with van der Waals surface area (Å²) in [5.74, 6) is 0.546. The maximum Gasteiger partial charge on any atom is 0.0655 e. The van der Waals surface area contributed by atoms with Gasteiger partial charge < -0.3 is 4.90 Å². The predicted molar refractivity (Wildman–Crippen MR) is 89.1 cm³/mol. The van der Waals surface area contributed by atoms with Crippen LogP contribution in [0.25, 0.3) is 0 Å². The van der Waals surface area contributed by atoms with Gasteiger partial charge in [0, 0.05) is 11.4 Å². The van der Waals surface area contributed by atoms with E-state index in [0.29, 0.717) is 12.0 Å². The molecule has 2 unspecified atom stereocenters. The van der Waals surface area contributed by atoms with Crippen LogP contribution in [-0.4, -0.2) is 6.04 Å². The van der Waals surface area contributed by atoms with Crippen LogP contribution >= 0.6 is 0 Å². The van der Waals surface area contributed by atoms with Gasteiger partial charge in [0.05, 0.1) is 6.04 Å². The van der Waals surface area contributed by atoms with Crippen molar-refractivity contribution in [1.29, 1.82) is 0 Å². The number of fused-ring (bicyclic) bond motifs is 2. The molecule has 1 aromatic rings. The second-order valence-electron chi connectivity index (χ2n) is 6.37. The van der Waals surface area contributed by atoms with Gasteiger partial charge >= 0.3 is 0 Å². The van der Waals surface area contributed by atoms with E-state index in [4.69, 9.17) is 0 Å². The highest BCUT2D eigenvalue weighted by Gasteiger charge is 2.39. The van der Waals surface area contributed by atoms with Crippen LogP contribution in [0.5, 0.6) is 0 Å². The van der Waals surface area contributed by atoms with Crippen LogP contribution in [0.15, 0.2) is 77.1 Å². The van der Waals surface area contributed by atoms with Gasteiger partial charge in [-0.1, -0.05) is 55.0 Å². The zero-order valence-corrected chi connectivity index (χ0v) is 12.7. The Bertz CT molecular complexity index is 688. The third-order valence-corrected chi connectivity index (χ3v) is 4.88. The maximum absolute atomic E-state index is 2.58. The minimum Gasteiger partial charge on any atom is -0.336 e. The first-order valence-corrected chi connectivity index (χ1v) is 7.89. The van der Waals surface area contributed by atoms with Crippen molar-refractivity contribution in [2.24, 2.45) is 5.92 Å². The largest absolute Gasteiger partial charge is 0.336 e. The van der Waals surface area contributed by atoms with Crippen molar-refractivity contribution in [2.75, 3.05) is 4.90 Å². The maximum atomic E-state index is 2.58. The monoisotopic (exact) mass is 275 g/mol. The van der Waals surface area contributed by atoms with Crippen molar-refractivity contribution in [2.45, 2.75) is 32.7 Å². The molecule has 1 nitrogen and oxygen atoms in total.